The third-order valence-electron chi connectivity index (χ3n) is 2.96. The number of hydrogen-bond acceptors (Lipinski definition) is 6. The molecule has 0 bridgehead atoms. The van der Waals surface area contributed by atoms with Gasteiger partial charge in [-0.15, -0.1) is 0 Å². The molecule has 8 nitrogen and oxygen atoms in total. The quantitative estimate of drug-likeness (QED) is 0.808. The van der Waals surface area contributed by atoms with Crippen LogP contribution in [0.15, 0.2) is 42.6 Å². The van der Waals surface area contributed by atoms with Crippen molar-refractivity contribution in [2.45, 2.75) is 6.61 Å². The molecule has 1 heterocycles. The van der Waals surface area contributed by atoms with Crippen molar-refractivity contribution in [3.8, 4) is 0 Å². The Balaban J connectivity index is 2.12. The lowest BCUT2D eigenvalue weighted by Crippen LogP contribution is -2.18. The number of aromatic carboxylic acids is 1. The van der Waals surface area contributed by atoms with Crippen molar-refractivity contribution in [3.63, 3.8) is 0 Å². The van der Waals surface area contributed by atoms with Gasteiger partial charge in [0.1, 0.15) is 6.61 Å². The maximum atomic E-state index is 11.8. The van der Waals surface area contributed by atoms with Crippen LogP contribution in [0.25, 0.3) is 0 Å². The third kappa shape index (κ3) is 4.29. The fourth-order valence-corrected chi connectivity index (χ4v) is 1.83. The van der Waals surface area contributed by atoms with Crippen LogP contribution in [0.2, 0.25) is 0 Å². The van der Waals surface area contributed by atoms with Crippen LogP contribution in [0.4, 0.5) is 10.5 Å². The molecule has 0 fully saturated rings. The van der Waals surface area contributed by atoms with E-state index in [0.717, 1.165) is 17.8 Å². The predicted octanol–water partition coefficient (Wildman–Crippen LogP) is 2.32. The molecule has 2 rings (SSSR count). The molecule has 1 aromatic heterocycles. The third-order valence-corrected chi connectivity index (χ3v) is 2.96. The van der Waals surface area contributed by atoms with E-state index in [2.05, 4.69) is 15.0 Å². The molecular formula is C16H14N2O6. The number of esters is 1. The molecule has 0 atom stereocenters. The Bertz CT molecular complexity index is 760. The van der Waals surface area contributed by atoms with Crippen LogP contribution in [0, 0.1) is 0 Å². The number of carboxylic acids is 1. The van der Waals surface area contributed by atoms with E-state index >= 15 is 0 Å². The number of anilines is 1. The molecular weight excluding hydrogens is 316 g/mol. The van der Waals surface area contributed by atoms with Gasteiger partial charge in [0.2, 0.25) is 0 Å². The van der Waals surface area contributed by atoms with Gasteiger partial charge in [-0.1, -0.05) is 30.3 Å². The van der Waals surface area contributed by atoms with Crippen LogP contribution < -0.4 is 5.32 Å². The van der Waals surface area contributed by atoms with E-state index in [1.54, 1.807) is 24.3 Å². The number of benzene rings is 1. The summed E-state index contributed by atoms with van der Waals surface area (Å²) in [6.07, 6.45) is 0.181. The summed E-state index contributed by atoms with van der Waals surface area (Å²) in [7, 11) is 1.18. The monoisotopic (exact) mass is 330 g/mol. The van der Waals surface area contributed by atoms with Gasteiger partial charge < -0.3 is 14.6 Å². The highest BCUT2D eigenvalue weighted by molar-refractivity contribution is 5.99. The Morgan fingerprint density at radius 1 is 1.21 bits per heavy atom. The molecule has 1 amide bonds. The van der Waals surface area contributed by atoms with Gasteiger partial charge in [0.25, 0.3) is 0 Å². The summed E-state index contributed by atoms with van der Waals surface area (Å²) in [5.41, 5.74) is 0.191. The van der Waals surface area contributed by atoms with Crippen molar-refractivity contribution in [2.24, 2.45) is 0 Å². The Morgan fingerprint density at radius 3 is 2.54 bits per heavy atom. The molecule has 8 heteroatoms. The number of rotatable bonds is 5. The molecule has 0 radical (unpaired) electrons. The van der Waals surface area contributed by atoms with Gasteiger partial charge in [-0.25, -0.2) is 19.4 Å². The van der Waals surface area contributed by atoms with Crippen LogP contribution in [0.1, 0.15) is 26.4 Å². The molecule has 0 aliphatic rings. The summed E-state index contributed by atoms with van der Waals surface area (Å²) in [6, 6.07) is 10.1. The molecule has 0 saturated carbocycles. The second kappa shape index (κ2) is 7.73. The van der Waals surface area contributed by atoms with Crippen molar-refractivity contribution in [2.75, 3.05) is 12.4 Å². The highest BCUT2D eigenvalue weighted by atomic mass is 16.5. The van der Waals surface area contributed by atoms with Gasteiger partial charge in [0.05, 0.1) is 18.4 Å². The van der Waals surface area contributed by atoms with Crippen LogP contribution in [0.3, 0.4) is 0 Å². The van der Waals surface area contributed by atoms with Crippen molar-refractivity contribution >= 4 is 23.7 Å². The fraction of sp³-hybridized carbons (Fsp3) is 0.125. The Morgan fingerprint density at radius 2 is 1.92 bits per heavy atom. The largest absolute Gasteiger partial charge is 0.476 e. The second-order valence-corrected chi connectivity index (χ2v) is 4.60. The maximum absolute atomic E-state index is 11.8. The van der Waals surface area contributed by atoms with E-state index in [4.69, 9.17) is 9.84 Å². The number of ether oxygens (including phenoxy) is 2. The van der Waals surface area contributed by atoms with Crippen LogP contribution in [-0.2, 0) is 16.1 Å². The van der Waals surface area contributed by atoms with Crippen molar-refractivity contribution < 1.29 is 29.0 Å². The van der Waals surface area contributed by atoms with Crippen molar-refractivity contribution in [1.29, 1.82) is 0 Å². The Labute approximate surface area is 137 Å². The zero-order valence-electron chi connectivity index (χ0n) is 12.7. The highest BCUT2D eigenvalue weighted by Crippen LogP contribution is 2.16. The number of amides is 1. The Kier molecular flexibility index (Phi) is 5.45. The number of methoxy groups -OCH3 is 1. The molecule has 124 valence electrons. The predicted molar refractivity (Wildman–Crippen MR) is 82.8 cm³/mol. The first-order chi connectivity index (χ1) is 11.5. The first kappa shape index (κ1) is 16.9. The molecule has 0 spiro atoms. The fourth-order valence-electron chi connectivity index (χ4n) is 1.83. The number of pyridine rings is 1. The zero-order chi connectivity index (χ0) is 17.5. The standard InChI is InChI=1S/C16H14N2O6/c1-23-15(21)11-7-12(13(14(19)20)17-8-11)18-16(22)24-9-10-5-3-2-4-6-10/h2-8H,9H2,1H3,(H,18,22)(H,19,20). The smallest absolute Gasteiger partial charge is 0.412 e. The summed E-state index contributed by atoms with van der Waals surface area (Å²) in [5.74, 6) is -2.06. The molecule has 0 saturated heterocycles. The molecule has 0 aliphatic carbocycles. The number of hydrogen-bond donors (Lipinski definition) is 2. The molecule has 2 N–H and O–H groups in total. The molecule has 24 heavy (non-hydrogen) atoms. The minimum Gasteiger partial charge on any atom is -0.476 e. The van der Waals surface area contributed by atoms with Gasteiger partial charge in [0.15, 0.2) is 5.69 Å². The normalized spacial score (nSPS) is 9.88. The van der Waals surface area contributed by atoms with Crippen molar-refractivity contribution in [3.05, 3.63) is 59.4 Å². The molecule has 1 aromatic carbocycles. The minimum absolute atomic E-state index is 0.000796. The van der Waals surface area contributed by atoms with Crippen LogP contribution in [0.5, 0.6) is 0 Å². The number of carbonyl (C=O) groups is 3. The average molecular weight is 330 g/mol. The first-order valence-corrected chi connectivity index (χ1v) is 6.80. The highest BCUT2D eigenvalue weighted by Gasteiger charge is 2.18. The molecule has 0 aliphatic heterocycles. The minimum atomic E-state index is -1.36. The van der Waals surface area contributed by atoms with E-state index in [-0.39, 0.29) is 17.9 Å². The van der Waals surface area contributed by atoms with E-state index in [1.165, 1.54) is 7.11 Å². The van der Waals surface area contributed by atoms with E-state index in [1.807, 2.05) is 6.07 Å². The number of aromatic nitrogens is 1. The van der Waals surface area contributed by atoms with E-state index in [9.17, 15) is 14.4 Å². The van der Waals surface area contributed by atoms with Gasteiger partial charge in [-0.3, -0.25) is 5.32 Å². The SMILES string of the molecule is COC(=O)c1cnc(C(=O)O)c(NC(=O)OCc2ccccc2)c1. The molecule has 0 unspecified atom stereocenters. The van der Waals surface area contributed by atoms with Gasteiger partial charge in [-0.05, 0) is 11.6 Å². The lowest BCUT2D eigenvalue weighted by molar-refractivity contribution is 0.0597. The maximum Gasteiger partial charge on any atom is 0.412 e. The summed E-state index contributed by atoms with van der Waals surface area (Å²) < 4.78 is 9.54. The number of nitrogens with zero attached hydrogens (tertiary/aromatic N) is 1. The van der Waals surface area contributed by atoms with E-state index < -0.39 is 23.7 Å². The average Bonchev–Trinajstić information content (AvgIpc) is 2.60. The summed E-state index contributed by atoms with van der Waals surface area (Å²) in [5, 5.41) is 11.4. The second-order valence-electron chi connectivity index (χ2n) is 4.60. The Hall–Kier alpha value is -3.42. The summed E-state index contributed by atoms with van der Waals surface area (Å²) in [6.45, 7) is 0.0131. The summed E-state index contributed by atoms with van der Waals surface area (Å²) in [4.78, 5) is 38.1. The summed E-state index contributed by atoms with van der Waals surface area (Å²) >= 11 is 0. The van der Waals surface area contributed by atoms with Crippen LogP contribution >= 0.6 is 0 Å². The number of nitrogens with one attached hydrogen (secondary N) is 1. The van der Waals surface area contributed by atoms with Gasteiger partial charge >= 0.3 is 18.0 Å². The number of carboxylic acid groups (broad SMARTS) is 1. The molecule has 2 aromatic rings. The number of carbonyl (C=O) groups excluding carboxylic acids is 2. The van der Waals surface area contributed by atoms with Crippen LogP contribution in [-0.4, -0.2) is 35.2 Å². The topological polar surface area (TPSA) is 115 Å². The van der Waals surface area contributed by atoms with Crippen molar-refractivity contribution in [1.82, 2.24) is 4.98 Å². The lowest BCUT2D eigenvalue weighted by Gasteiger charge is -2.10. The van der Waals surface area contributed by atoms with Gasteiger partial charge in [0, 0.05) is 6.20 Å². The zero-order valence-corrected chi connectivity index (χ0v) is 12.7. The van der Waals surface area contributed by atoms with Gasteiger partial charge in [-0.2, -0.15) is 0 Å². The van der Waals surface area contributed by atoms with E-state index in [0.29, 0.717) is 0 Å². The lowest BCUT2D eigenvalue weighted by atomic mass is 10.2. The first-order valence-electron chi connectivity index (χ1n) is 6.80.